The second-order valence-electron chi connectivity index (χ2n) is 5.53. The number of benzene rings is 2. The van der Waals surface area contributed by atoms with Crippen LogP contribution in [0.2, 0.25) is 0 Å². The summed E-state index contributed by atoms with van der Waals surface area (Å²) in [7, 11) is -3.67. The maximum Gasteiger partial charge on any atom is 0.268 e. The number of hydrogen-bond donors (Lipinski definition) is 1. The highest BCUT2D eigenvalue weighted by atomic mass is 32.2. The number of nitrogens with one attached hydrogen (secondary N) is 1. The summed E-state index contributed by atoms with van der Waals surface area (Å²) < 4.78 is 27.1. The Morgan fingerprint density at radius 3 is 2.58 bits per heavy atom. The van der Waals surface area contributed by atoms with Crippen LogP contribution in [-0.4, -0.2) is 23.8 Å². The molecule has 26 heavy (non-hydrogen) atoms. The zero-order valence-corrected chi connectivity index (χ0v) is 15.8. The van der Waals surface area contributed by atoms with Gasteiger partial charge in [0.2, 0.25) is 0 Å². The predicted molar refractivity (Wildman–Crippen MR) is 105 cm³/mol. The first-order chi connectivity index (χ1) is 12.5. The average Bonchev–Trinajstić information content (AvgIpc) is 3.05. The predicted octanol–water partition coefficient (Wildman–Crippen LogP) is 3.61. The molecule has 0 spiro atoms. The molecule has 0 amide bonds. The lowest BCUT2D eigenvalue weighted by atomic mass is 10.2. The third-order valence-corrected chi connectivity index (χ3v) is 6.09. The number of nitriles is 1. The van der Waals surface area contributed by atoms with Crippen molar-refractivity contribution in [1.82, 2.24) is 9.29 Å². The van der Waals surface area contributed by atoms with Crippen molar-refractivity contribution in [3.8, 4) is 6.19 Å². The van der Waals surface area contributed by atoms with E-state index in [2.05, 4.69) is 10.3 Å². The van der Waals surface area contributed by atoms with Crippen molar-refractivity contribution >= 4 is 43.5 Å². The van der Waals surface area contributed by atoms with E-state index in [1.165, 1.54) is 21.9 Å². The summed E-state index contributed by atoms with van der Waals surface area (Å²) in [5, 5.41) is 12.4. The number of aliphatic imine (C=N–C) groups is 1. The van der Waals surface area contributed by atoms with E-state index < -0.39 is 10.0 Å². The standard InChI is InChI=1S/C18H16N4O2S2/c1-13-3-6-16(7-4-13)26(23,24)22-10-9-14-11-15(5-8-17(14)22)21-18(25-2)20-12-19/h3-11H,1-2H3,(H,20,21). The first-order valence-corrected chi connectivity index (χ1v) is 10.3. The molecule has 0 unspecified atom stereocenters. The van der Waals surface area contributed by atoms with Gasteiger partial charge in [-0.2, -0.15) is 5.26 Å². The Bertz CT molecular complexity index is 1120. The molecule has 0 radical (unpaired) electrons. The molecule has 0 aliphatic carbocycles. The van der Waals surface area contributed by atoms with Crippen LogP contribution < -0.4 is 5.32 Å². The normalized spacial score (nSPS) is 12.1. The maximum absolute atomic E-state index is 12.9. The molecule has 1 heterocycles. The summed E-state index contributed by atoms with van der Waals surface area (Å²) in [6.07, 6.45) is 5.19. The van der Waals surface area contributed by atoms with Gasteiger partial charge in [0.05, 0.1) is 16.1 Å². The summed E-state index contributed by atoms with van der Waals surface area (Å²) in [6.45, 7) is 1.91. The van der Waals surface area contributed by atoms with E-state index >= 15 is 0 Å². The van der Waals surface area contributed by atoms with Crippen molar-refractivity contribution in [3.05, 3.63) is 60.3 Å². The largest absolute Gasteiger partial charge is 0.271 e. The van der Waals surface area contributed by atoms with Gasteiger partial charge in [-0.15, -0.1) is 0 Å². The quantitative estimate of drug-likeness (QED) is 0.323. The van der Waals surface area contributed by atoms with Gasteiger partial charge in [-0.3, -0.25) is 5.32 Å². The fourth-order valence-corrected chi connectivity index (χ4v) is 4.19. The van der Waals surface area contributed by atoms with E-state index in [1.54, 1.807) is 48.5 Å². The minimum absolute atomic E-state index is 0.241. The first kappa shape index (κ1) is 18.0. The molecule has 132 valence electrons. The fourth-order valence-electron chi connectivity index (χ4n) is 2.50. The van der Waals surface area contributed by atoms with Gasteiger partial charge >= 0.3 is 0 Å². The monoisotopic (exact) mass is 384 g/mol. The Labute approximate surface area is 156 Å². The molecule has 0 saturated carbocycles. The van der Waals surface area contributed by atoms with Crippen molar-refractivity contribution in [3.63, 3.8) is 0 Å². The van der Waals surface area contributed by atoms with E-state index in [1.807, 2.05) is 19.4 Å². The molecule has 0 aliphatic rings. The van der Waals surface area contributed by atoms with Gasteiger partial charge in [0, 0.05) is 11.6 Å². The van der Waals surface area contributed by atoms with Crippen LogP contribution in [0.4, 0.5) is 5.69 Å². The zero-order valence-electron chi connectivity index (χ0n) is 14.2. The lowest BCUT2D eigenvalue weighted by Gasteiger charge is -2.08. The molecular weight excluding hydrogens is 368 g/mol. The number of fused-ring (bicyclic) bond motifs is 1. The van der Waals surface area contributed by atoms with Crippen LogP contribution in [-0.2, 0) is 10.0 Å². The Morgan fingerprint density at radius 1 is 1.19 bits per heavy atom. The van der Waals surface area contributed by atoms with Crippen LogP contribution in [0.5, 0.6) is 0 Å². The average molecular weight is 384 g/mol. The molecule has 2 aromatic carbocycles. The van der Waals surface area contributed by atoms with Gasteiger partial charge in [-0.25, -0.2) is 17.4 Å². The van der Waals surface area contributed by atoms with E-state index in [9.17, 15) is 8.42 Å². The summed E-state index contributed by atoms with van der Waals surface area (Å²) in [6, 6.07) is 13.7. The molecule has 3 aromatic rings. The van der Waals surface area contributed by atoms with Crippen molar-refractivity contribution in [2.75, 3.05) is 6.26 Å². The summed E-state index contributed by atoms with van der Waals surface area (Å²) in [5.41, 5.74) is 2.21. The lowest BCUT2D eigenvalue weighted by Crippen LogP contribution is -2.12. The number of nitrogens with zero attached hydrogens (tertiary/aromatic N) is 3. The van der Waals surface area contributed by atoms with Crippen molar-refractivity contribution < 1.29 is 8.42 Å². The Kier molecular flexibility index (Phi) is 5.02. The molecule has 1 aromatic heterocycles. The Hall–Kier alpha value is -2.76. The van der Waals surface area contributed by atoms with Crippen molar-refractivity contribution in [1.29, 1.82) is 5.26 Å². The zero-order chi connectivity index (χ0) is 18.7. The van der Waals surface area contributed by atoms with E-state index in [0.29, 0.717) is 16.4 Å². The highest BCUT2D eigenvalue weighted by molar-refractivity contribution is 8.13. The van der Waals surface area contributed by atoms with Gasteiger partial charge in [0.15, 0.2) is 11.4 Å². The smallest absolute Gasteiger partial charge is 0.268 e. The number of aromatic nitrogens is 1. The van der Waals surface area contributed by atoms with Gasteiger partial charge in [0.1, 0.15) is 0 Å². The summed E-state index contributed by atoms with van der Waals surface area (Å²) >= 11 is 1.32. The molecular formula is C18H16N4O2S2. The SMILES string of the molecule is CSC(=Nc1ccc2c(ccn2S(=O)(=O)c2ccc(C)cc2)c1)NC#N. The van der Waals surface area contributed by atoms with E-state index in [4.69, 9.17) is 5.26 Å². The van der Waals surface area contributed by atoms with Gasteiger partial charge < -0.3 is 0 Å². The molecule has 1 N–H and O–H groups in total. The second kappa shape index (κ2) is 7.23. The van der Waals surface area contributed by atoms with Gasteiger partial charge in [-0.1, -0.05) is 29.5 Å². The van der Waals surface area contributed by atoms with Crippen LogP contribution in [0, 0.1) is 18.4 Å². The molecule has 0 atom stereocenters. The first-order valence-electron chi connectivity index (χ1n) is 7.67. The van der Waals surface area contributed by atoms with Gasteiger partial charge in [0.25, 0.3) is 10.0 Å². The van der Waals surface area contributed by atoms with Crippen molar-refractivity contribution in [2.45, 2.75) is 11.8 Å². The summed E-state index contributed by atoms with van der Waals surface area (Å²) in [5.74, 6) is 0. The topological polar surface area (TPSA) is 87.2 Å². The molecule has 0 saturated heterocycles. The molecule has 0 aliphatic heterocycles. The minimum atomic E-state index is -3.67. The number of amidine groups is 1. The number of thioether (sulfide) groups is 1. The molecule has 3 rings (SSSR count). The van der Waals surface area contributed by atoms with Crippen LogP contribution in [0.25, 0.3) is 10.9 Å². The van der Waals surface area contributed by atoms with Crippen LogP contribution in [0.3, 0.4) is 0 Å². The fraction of sp³-hybridized carbons (Fsp3) is 0.111. The third kappa shape index (κ3) is 3.45. The van der Waals surface area contributed by atoms with Crippen molar-refractivity contribution in [2.24, 2.45) is 4.99 Å². The van der Waals surface area contributed by atoms with E-state index in [-0.39, 0.29) is 4.90 Å². The van der Waals surface area contributed by atoms with Crippen LogP contribution in [0.1, 0.15) is 5.56 Å². The van der Waals surface area contributed by atoms with E-state index in [0.717, 1.165) is 10.9 Å². The molecule has 0 fully saturated rings. The highest BCUT2D eigenvalue weighted by Gasteiger charge is 2.18. The maximum atomic E-state index is 12.9. The molecule has 8 heteroatoms. The highest BCUT2D eigenvalue weighted by Crippen LogP contribution is 2.26. The Morgan fingerprint density at radius 2 is 1.92 bits per heavy atom. The minimum Gasteiger partial charge on any atom is -0.271 e. The van der Waals surface area contributed by atoms with Crippen LogP contribution >= 0.6 is 11.8 Å². The molecule has 6 nitrogen and oxygen atoms in total. The number of aryl methyl sites for hydroxylation is 1. The third-order valence-electron chi connectivity index (χ3n) is 3.80. The molecule has 0 bridgehead atoms. The lowest BCUT2D eigenvalue weighted by molar-refractivity contribution is 0.589. The summed E-state index contributed by atoms with van der Waals surface area (Å²) in [4.78, 5) is 4.58. The number of hydrogen-bond acceptors (Lipinski definition) is 5. The second-order valence-corrected chi connectivity index (χ2v) is 8.14. The number of rotatable bonds is 3. The van der Waals surface area contributed by atoms with Gasteiger partial charge in [-0.05, 0) is 49.6 Å². The Balaban J connectivity index is 2.05. The van der Waals surface area contributed by atoms with Crippen LogP contribution in [0.15, 0.2) is 64.6 Å².